The average molecular weight is 343 g/mol. The van der Waals surface area contributed by atoms with Crippen molar-refractivity contribution in [3.63, 3.8) is 0 Å². The van der Waals surface area contributed by atoms with Crippen LogP contribution in [0.25, 0.3) is 0 Å². The van der Waals surface area contributed by atoms with E-state index in [0.29, 0.717) is 6.54 Å². The van der Waals surface area contributed by atoms with Crippen molar-refractivity contribution in [2.24, 2.45) is 7.05 Å². The van der Waals surface area contributed by atoms with Crippen molar-refractivity contribution in [1.82, 2.24) is 9.78 Å². The Bertz CT molecular complexity index is 593. The molecule has 3 nitrogen and oxygen atoms in total. The van der Waals surface area contributed by atoms with E-state index in [1.807, 2.05) is 23.9 Å². The first-order valence-electron chi connectivity index (χ1n) is 6.23. The van der Waals surface area contributed by atoms with Crippen molar-refractivity contribution in [2.75, 3.05) is 5.32 Å². The molecule has 0 saturated carbocycles. The van der Waals surface area contributed by atoms with Crippen LogP contribution in [0.1, 0.15) is 23.9 Å². The van der Waals surface area contributed by atoms with Crippen LogP contribution < -0.4 is 5.32 Å². The van der Waals surface area contributed by atoms with Gasteiger partial charge >= 0.3 is 0 Å². The summed E-state index contributed by atoms with van der Waals surface area (Å²) in [6.45, 7) is 4.79. The molecule has 5 heteroatoms. The first-order valence-corrected chi connectivity index (χ1v) is 7.41. The van der Waals surface area contributed by atoms with E-state index in [1.165, 1.54) is 5.56 Å². The second-order valence-corrected chi connectivity index (χ2v) is 5.65. The van der Waals surface area contributed by atoms with Crippen LogP contribution in [0.4, 0.5) is 5.69 Å². The van der Waals surface area contributed by atoms with Gasteiger partial charge in [-0.1, -0.05) is 30.7 Å². The maximum absolute atomic E-state index is 6.33. The molecule has 102 valence electrons. The van der Waals surface area contributed by atoms with E-state index >= 15 is 0 Å². The molecule has 0 atom stereocenters. The number of aryl methyl sites for hydroxylation is 3. The normalized spacial score (nSPS) is 10.8. The van der Waals surface area contributed by atoms with E-state index < -0.39 is 0 Å². The maximum Gasteiger partial charge on any atom is 0.0868 e. The fourth-order valence-corrected chi connectivity index (χ4v) is 2.74. The summed E-state index contributed by atoms with van der Waals surface area (Å²) in [6, 6.07) is 6.15. The molecule has 0 radical (unpaired) electrons. The maximum atomic E-state index is 6.33. The topological polar surface area (TPSA) is 29.9 Å². The van der Waals surface area contributed by atoms with Gasteiger partial charge in [0.05, 0.1) is 23.0 Å². The summed E-state index contributed by atoms with van der Waals surface area (Å²) in [7, 11) is 1.92. The van der Waals surface area contributed by atoms with Crippen LogP contribution in [0, 0.1) is 6.92 Å². The number of aromatic nitrogens is 2. The summed E-state index contributed by atoms with van der Waals surface area (Å²) in [4.78, 5) is 0. The smallest absolute Gasteiger partial charge is 0.0868 e. The van der Waals surface area contributed by atoms with Crippen LogP contribution in [0.2, 0.25) is 5.02 Å². The predicted octanol–water partition coefficient (Wildman–Crippen LogP) is 4.32. The number of hydrogen-bond acceptors (Lipinski definition) is 2. The molecule has 0 aliphatic heterocycles. The molecule has 1 heterocycles. The van der Waals surface area contributed by atoms with Gasteiger partial charge in [-0.3, -0.25) is 4.68 Å². The summed E-state index contributed by atoms with van der Waals surface area (Å²) in [5, 5.41) is 8.58. The number of halogens is 2. The van der Waals surface area contributed by atoms with E-state index in [4.69, 9.17) is 11.6 Å². The number of anilines is 1. The minimum atomic E-state index is 0.657. The van der Waals surface area contributed by atoms with Gasteiger partial charge in [-0.05, 0) is 40.9 Å². The Kier molecular flexibility index (Phi) is 4.53. The third kappa shape index (κ3) is 2.95. The number of benzene rings is 1. The molecule has 0 fully saturated rings. The summed E-state index contributed by atoms with van der Waals surface area (Å²) >= 11 is 9.92. The van der Waals surface area contributed by atoms with Gasteiger partial charge < -0.3 is 5.32 Å². The summed E-state index contributed by atoms with van der Waals surface area (Å²) in [5.41, 5.74) is 4.22. The predicted molar refractivity (Wildman–Crippen MR) is 83.8 cm³/mol. The Morgan fingerprint density at radius 1 is 1.42 bits per heavy atom. The Morgan fingerprint density at radius 3 is 2.79 bits per heavy atom. The number of hydrogen-bond donors (Lipinski definition) is 1. The fraction of sp³-hybridized carbons (Fsp3) is 0.357. The molecule has 1 N–H and O–H groups in total. The highest BCUT2D eigenvalue weighted by Gasteiger charge is 2.13. The molecule has 0 aliphatic carbocycles. The SMILES string of the molecule is CCc1nn(C)c(CNc2cccc(C)c2Br)c1Cl. The molecule has 1 aromatic heterocycles. The molecular weight excluding hydrogens is 326 g/mol. The zero-order chi connectivity index (χ0) is 14.0. The van der Waals surface area contributed by atoms with E-state index in [1.54, 1.807) is 0 Å². The van der Waals surface area contributed by atoms with Crippen molar-refractivity contribution in [3.8, 4) is 0 Å². The molecule has 0 spiro atoms. The lowest BCUT2D eigenvalue weighted by molar-refractivity contribution is 0.707. The molecule has 19 heavy (non-hydrogen) atoms. The van der Waals surface area contributed by atoms with Crippen molar-refractivity contribution < 1.29 is 0 Å². The second-order valence-electron chi connectivity index (χ2n) is 4.47. The third-order valence-electron chi connectivity index (χ3n) is 3.14. The van der Waals surface area contributed by atoms with E-state index in [2.05, 4.69) is 46.3 Å². The summed E-state index contributed by atoms with van der Waals surface area (Å²) in [6.07, 6.45) is 0.848. The minimum absolute atomic E-state index is 0.657. The van der Waals surface area contributed by atoms with Crippen LogP contribution in [0.15, 0.2) is 22.7 Å². The lowest BCUT2D eigenvalue weighted by atomic mass is 10.2. The van der Waals surface area contributed by atoms with Gasteiger partial charge in [0.2, 0.25) is 0 Å². The first-order chi connectivity index (χ1) is 9.04. The lowest BCUT2D eigenvalue weighted by Crippen LogP contribution is -2.06. The quantitative estimate of drug-likeness (QED) is 0.897. The van der Waals surface area contributed by atoms with Crippen molar-refractivity contribution in [3.05, 3.63) is 44.6 Å². The van der Waals surface area contributed by atoms with Gasteiger partial charge in [0.1, 0.15) is 0 Å². The molecule has 2 rings (SSSR count). The largest absolute Gasteiger partial charge is 0.378 e. The second kappa shape index (κ2) is 5.97. The third-order valence-corrected chi connectivity index (χ3v) is 4.63. The Labute approximate surface area is 127 Å². The molecule has 0 aliphatic rings. The van der Waals surface area contributed by atoms with Gasteiger partial charge in [0.15, 0.2) is 0 Å². The van der Waals surface area contributed by atoms with Crippen molar-refractivity contribution in [2.45, 2.75) is 26.8 Å². The Hall–Kier alpha value is -1.000. The number of rotatable bonds is 4. The molecule has 0 unspecified atom stereocenters. The molecule has 2 aromatic rings. The monoisotopic (exact) mass is 341 g/mol. The highest BCUT2D eigenvalue weighted by molar-refractivity contribution is 9.10. The van der Waals surface area contributed by atoms with Gasteiger partial charge in [0, 0.05) is 17.2 Å². The van der Waals surface area contributed by atoms with Crippen LogP contribution in [-0.4, -0.2) is 9.78 Å². The molecule has 0 saturated heterocycles. The summed E-state index contributed by atoms with van der Waals surface area (Å²) < 4.78 is 2.93. The van der Waals surface area contributed by atoms with Gasteiger partial charge in [-0.2, -0.15) is 5.10 Å². The van der Waals surface area contributed by atoms with Crippen LogP contribution >= 0.6 is 27.5 Å². The van der Waals surface area contributed by atoms with Crippen LogP contribution in [0.5, 0.6) is 0 Å². The zero-order valence-electron chi connectivity index (χ0n) is 11.3. The molecular formula is C14H17BrClN3. The van der Waals surface area contributed by atoms with Crippen molar-refractivity contribution >= 4 is 33.2 Å². The minimum Gasteiger partial charge on any atom is -0.378 e. The fourth-order valence-electron chi connectivity index (χ4n) is 1.97. The zero-order valence-corrected chi connectivity index (χ0v) is 13.6. The average Bonchev–Trinajstić information content (AvgIpc) is 2.66. The van der Waals surface area contributed by atoms with Gasteiger partial charge in [-0.15, -0.1) is 0 Å². The Balaban J connectivity index is 2.19. The standard InChI is InChI=1S/C14H17BrClN3/c1-4-10-14(16)12(19(3)18-10)8-17-11-7-5-6-9(2)13(11)15/h5-7,17H,4,8H2,1-3H3. The molecule has 1 aromatic carbocycles. The van der Waals surface area contributed by atoms with E-state index in [9.17, 15) is 0 Å². The van der Waals surface area contributed by atoms with E-state index in [-0.39, 0.29) is 0 Å². The van der Waals surface area contributed by atoms with Crippen molar-refractivity contribution in [1.29, 1.82) is 0 Å². The highest BCUT2D eigenvalue weighted by Crippen LogP contribution is 2.27. The highest BCUT2D eigenvalue weighted by atomic mass is 79.9. The van der Waals surface area contributed by atoms with Crippen LogP contribution in [0.3, 0.4) is 0 Å². The number of nitrogens with zero attached hydrogens (tertiary/aromatic N) is 2. The molecule has 0 amide bonds. The lowest BCUT2D eigenvalue weighted by Gasteiger charge is -2.10. The van der Waals surface area contributed by atoms with Crippen LogP contribution in [-0.2, 0) is 20.0 Å². The first kappa shape index (κ1) is 14.4. The molecule has 0 bridgehead atoms. The Morgan fingerprint density at radius 2 is 2.16 bits per heavy atom. The number of nitrogens with one attached hydrogen (secondary N) is 1. The van der Waals surface area contributed by atoms with Gasteiger partial charge in [-0.25, -0.2) is 0 Å². The van der Waals surface area contributed by atoms with E-state index in [0.717, 1.165) is 33.0 Å². The summed E-state index contributed by atoms with van der Waals surface area (Å²) in [5.74, 6) is 0. The van der Waals surface area contributed by atoms with Gasteiger partial charge in [0.25, 0.3) is 0 Å².